The van der Waals surface area contributed by atoms with Crippen LogP contribution in [0.2, 0.25) is 0 Å². The smallest absolute Gasteiger partial charge is 0.335 e. The van der Waals surface area contributed by atoms with Gasteiger partial charge >= 0.3 is 12.0 Å². The molecule has 184 valence electrons. The lowest BCUT2D eigenvalue weighted by atomic mass is 9.80. The van der Waals surface area contributed by atoms with Gasteiger partial charge in [-0.25, -0.2) is 14.6 Å². The lowest BCUT2D eigenvalue weighted by molar-refractivity contribution is -0.119. The summed E-state index contributed by atoms with van der Waals surface area (Å²) in [4.78, 5) is 43.0. The number of pyridine rings is 1. The number of nitrogens with zero attached hydrogens (tertiary/aromatic N) is 2. The van der Waals surface area contributed by atoms with Crippen LogP contribution in [0.25, 0.3) is 11.1 Å². The van der Waals surface area contributed by atoms with Crippen molar-refractivity contribution in [3.63, 3.8) is 0 Å². The van der Waals surface area contributed by atoms with E-state index in [-0.39, 0.29) is 17.5 Å². The highest BCUT2D eigenvalue weighted by molar-refractivity contribution is 5.99. The number of likely N-dealkylation sites (tertiary alicyclic amines) is 1. The maximum atomic E-state index is 13.0. The van der Waals surface area contributed by atoms with E-state index in [9.17, 15) is 19.5 Å². The van der Waals surface area contributed by atoms with Crippen LogP contribution in [-0.4, -0.2) is 45.5 Å². The van der Waals surface area contributed by atoms with E-state index < -0.39 is 12.0 Å². The van der Waals surface area contributed by atoms with Crippen LogP contribution in [0.1, 0.15) is 53.9 Å². The number of aromatic nitrogens is 1. The summed E-state index contributed by atoms with van der Waals surface area (Å²) >= 11 is 0. The molecule has 8 nitrogen and oxygen atoms in total. The number of amides is 3. The topological polar surface area (TPSA) is 112 Å². The molecule has 1 aliphatic carbocycles. The number of carbonyl (C=O) groups is 3. The number of hydrogen-bond acceptors (Lipinski definition) is 4. The van der Waals surface area contributed by atoms with Gasteiger partial charge in [0.25, 0.3) is 0 Å². The van der Waals surface area contributed by atoms with Crippen LogP contribution in [0.15, 0.2) is 66.9 Å². The van der Waals surface area contributed by atoms with Crippen molar-refractivity contribution >= 4 is 29.4 Å². The van der Waals surface area contributed by atoms with Gasteiger partial charge in [0.05, 0.1) is 5.56 Å². The molecule has 8 heteroatoms. The van der Waals surface area contributed by atoms with E-state index in [2.05, 4.69) is 27.8 Å². The predicted octanol–water partition coefficient (Wildman–Crippen LogP) is 5.35. The largest absolute Gasteiger partial charge is 0.478 e. The Balaban J connectivity index is 1.20. The van der Waals surface area contributed by atoms with Crippen molar-refractivity contribution in [1.82, 2.24) is 9.88 Å². The van der Waals surface area contributed by atoms with E-state index in [1.165, 1.54) is 30.9 Å². The molecule has 0 unspecified atom stereocenters. The standard InChI is InChI=1S/C28H28N4O4/c33-26(31-25-14-11-22(17-29-25)20-6-2-7-21(16-20)27(34)35)24-8-3-15-32(24)28(36)30-23-12-9-19(10-13-23)18-4-1-5-18/h2,6-7,9-14,16-18,24H,1,3-5,8,15H2,(H,30,36)(H,34,35)(H,29,31,33)/t24-/m1/s1. The van der Waals surface area contributed by atoms with Crippen LogP contribution in [0.3, 0.4) is 0 Å². The fourth-order valence-electron chi connectivity index (χ4n) is 4.74. The normalized spacial score (nSPS) is 17.3. The number of rotatable bonds is 6. The molecule has 0 bridgehead atoms. The molecule has 1 atom stereocenters. The van der Waals surface area contributed by atoms with Crippen molar-refractivity contribution in [2.75, 3.05) is 17.2 Å². The Morgan fingerprint density at radius 2 is 1.69 bits per heavy atom. The summed E-state index contributed by atoms with van der Waals surface area (Å²) in [5.41, 5.74) is 3.68. The second-order valence-corrected chi connectivity index (χ2v) is 9.34. The predicted molar refractivity (Wildman–Crippen MR) is 137 cm³/mol. The van der Waals surface area contributed by atoms with Gasteiger partial charge in [-0.2, -0.15) is 0 Å². The lowest BCUT2D eigenvalue weighted by Crippen LogP contribution is -2.45. The molecule has 1 saturated carbocycles. The number of carboxylic acids is 1. The molecule has 2 aliphatic rings. The van der Waals surface area contributed by atoms with E-state index in [1.807, 2.05) is 12.1 Å². The number of aromatic carboxylic acids is 1. The van der Waals surface area contributed by atoms with Crippen molar-refractivity contribution in [2.45, 2.75) is 44.1 Å². The summed E-state index contributed by atoms with van der Waals surface area (Å²) in [7, 11) is 0. The monoisotopic (exact) mass is 484 g/mol. The number of urea groups is 1. The van der Waals surface area contributed by atoms with Gasteiger partial charge in [-0.15, -0.1) is 0 Å². The molecule has 5 rings (SSSR count). The van der Waals surface area contributed by atoms with E-state index in [0.717, 1.165) is 23.2 Å². The molecule has 2 heterocycles. The average molecular weight is 485 g/mol. The van der Waals surface area contributed by atoms with Crippen LogP contribution in [0.5, 0.6) is 0 Å². The molecule has 1 aromatic heterocycles. The number of nitrogens with one attached hydrogen (secondary N) is 2. The first-order valence-corrected chi connectivity index (χ1v) is 12.3. The molecule has 3 N–H and O–H groups in total. The third-order valence-corrected chi connectivity index (χ3v) is 7.01. The van der Waals surface area contributed by atoms with Crippen LogP contribution < -0.4 is 10.6 Å². The highest BCUT2D eigenvalue weighted by atomic mass is 16.4. The SMILES string of the molecule is O=C(O)c1cccc(-c2ccc(NC(=O)[C@H]3CCCN3C(=O)Nc3ccc(C4CCC4)cc3)nc2)c1. The Morgan fingerprint density at radius 3 is 2.36 bits per heavy atom. The average Bonchev–Trinajstić information content (AvgIpc) is 3.35. The van der Waals surface area contributed by atoms with Crippen LogP contribution in [0, 0.1) is 0 Å². The summed E-state index contributed by atoms with van der Waals surface area (Å²) in [6.45, 7) is 0.510. The second-order valence-electron chi connectivity index (χ2n) is 9.34. The number of hydrogen-bond donors (Lipinski definition) is 3. The van der Waals surface area contributed by atoms with Crippen LogP contribution in [-0.2, 0) is 4.79 Å². The van der Waals surface area contributed by atoms with Crippen molar-refractivity contribution < 1.29 is 19.5 Å². The van der Waals surface area contributed by atoms with Gasteiger partial charge in [-0.1, -0.05) is 30.7 Å². The molecule has 3 amide bonds. The first-order valence-electron chi connectivity index (χ1n) is 12.3. The zero-order valence-electron chi connectivity index (χ0n) is 19.8. The third-order valence-electron chi connectivity index (χ3n) is 7.01. The van der Waals surface area contributed by atoms with Crippen molar-refractivity contribution in [3.05, 3.63) is 78.0 Å². The minimum atomic E-state index is -0.996. The highest BCUT2D eigenvalue weighted by Crippen LogP contribution is 2.36. The maximum Gasteiger partial charge on any atom is 0.335 e. The molecule has 2 aromatic carbocycles. The molecule has 0 spiro atoms. The van der Waals surface area contributed by atoms with Gasteiger partial charge in [0.2, 0.25) is 5.91 Å². The van der Waals surface area contributed by atoms with E-state index in [1.54, 1.807) is 41.4 Å². The quantitative estimate of drug-likeness (QED) is 0.437. The molecule has 3 aromatic rings. The summed E-state index contributed by atoms with van der Waals surface area (Å²) in [6, 6.07) is 17.2. The zero-order chi connectivity index (χ0) is 25.1. The minimum Gasteiger partial charge on any atom is -0.478 e. The minimum absolute atomic E-state index is 0.193. The molecular formula is C28H28N4O4. The third kappa shape index (κ3) is 5.07. The summed E-state index contributed by atoms with van der Waals surface area (Å²) < 4.78 is 0. The Hall–Kier alpha value is -4.20. The van der Waals surface area contributed by atoms with Crippen LogP contribution >= 0.6 is 0 Å². The molecule has 2 fully saturated rings. The molecule has 36 heavy (non-hydrogen) atoms. The number of carboxylic acid groups (broad SMARTS) is 1. The van der Waals surface area contributed by atoms with Crippen molar-refractivity contribution in [2.24, 2.45) is 0 Å². The van der Waals surface area contributed by atoms with E-state index >= 15 is 0 Å². The Morgan fingerprint density at radius 1 is 0.889 bits per heavy atom. The Bertz CT molecular complexity index is 1270. The molecule has 1 saturated heterocycles. The van der Waals surface area contributed by atoms with Crippen LogP contribution in [0.4, 0.5) is 16.3 Å². The van der Waals surface area contributed by atoms with Gasteiger partial charge in [-0.05, 0) is 79.1 Å². The summed E-state index contributed by atoms with van der Waals surface area (Å²) in [6.07, 6.45) is 6.65. The Kier molecular flexibility index (Phi) is 6.66. The number of carbonyl (C=O) groups excluding carboxylic acids is 2. The van der Waals surface area contributed by atoms with E-state index in [0.29, 0.717) is 24.7 Å². The first kappa shape index (κ1) is 23.5. The zero-order valence-corrected chi connectivity index (χ0v) is 19.8. The summed E-state index contributed by atoms with van der Waals surface area (Å²) in [5, 5.41) is 14.9. The number of benzene rings is 2. The van der Waals surface area contributed by atoms with Crippen molar-refractivity contribution in [1.29, 1.82) is 0 Å². The fraction of sp³-hybridized carbons (Fsp3) is 0.286. The van der Waals surface area contributed by atoms with Gasteiger partial charge < -0.3 is 20.6 Å². The second kappa shape index (κ2) is 10.2. The Labute approximate surface area is 209 Å². The maximum absolute atomic E-state index is 13.0. The van der Waals surface area contributed by atoms with Gasteiger partial charge in [-0.3, -0.25) is 4.79 Å². The highest BCUT2D eigenvalue weighted by Gasteiger charge is 2.34. The molecule has 0 radical (unpaired) electrons. The number of anilines is 2. The van der Waals surface area contributed by atoms with E-state index in [4.69, 9.17) is 0 Å². The van der Waals surface area contributed by atoms with Crippen molar-refractivity contribution in [3.8, 4) is 11.1 Å². The molecular weight excluding hydrogens is 456 g/mol. The first-order chi connectivity index (χ1) is 17.5. The van der Waals surface area contributed by atoms with Gasteiger partial charge in [0.1, 0.15) is 11.9 Å². The van der Waals surface area contributed by atoms with Gasteiger partial charge in [0, 0.05) is 24.0 Å². The van der Waals surface area contributed by atoms with Gasteiger partial charge in [0.15, 0.2) is 0 Å². The molecule has 1 aliphatic heterocycles. The lowest BCUT2D eigenvalue weighted by Gasteiger charge is -2.26. The summed E-state index contributed by atoms with van der Waals surface area (Å²) in [5.74, 6) is -0.267. The fourth-order valence-corrected chi connectivity index (χ4v) is 4.74.